The molecule has 1 nitrogen and oxygen atoms in total. The Balaban J connectivity index is 1.10. The SMILES string of the molecule is CC1(C)c2cc(-c3ccc(-c4ccc(-c5ccccc5)cc4)cc3)ccc2-c2ccc(N(c3ccccc3)c3ccccc3)cc21. The van der Waals surface area contributed by atoms with Crippen molar-refractivity contribution < 1.29 is 0 Å². The zero-order chi connectivity index (χ0) is 31.1. The molecule has 8 rings (SSSR count). The van der Waals surface area contributed by atoms with Gasteiger partial charge in [0.15, 0.2) is 0 Å². The zero-order valence-electron chi connectivity index (χ0n) is 26.2. The first-order valence-electron chi connectivity index (χ1n) is 16.0. The summed E-state index contributed by atoms with van der Waals surface area (Å²) < 4.78 is 0. The van der Waals surface area contributed by atoms with Gasteiger partial charge in [0.25, 0.3) is 0 Å². The Hall–Kier alpha value is -5.66. The molecule has 7 aromatic carbocycles. The van der Waals surface area contributed by atoms with Crippen LogP contribution in [0.3, 0.4) is 0 Å². The summed E-state index contributed by atoms with van der Waals surface area (Å²) in [5.74, 6) is 0. The van der Waals surface area contributed by atoms with Gasteiger partial charge in [-0.25, -0.2) is 0 Å². The van der Waals surface area contributed by atoms with Crippen LogP contribution >= 0.6 is 0 Å². The molecule has 0 N–H and O–H groups in total. The second-order valence-electron chi connectivity index (χ2n) is 12.6. The number of benzene rings is 7. The molecule has 0 heterocycles. The quantitative estimate of drug-likeness (QED) is 0.186. The summed E-state index contributed by atoms with van der Waals surface area (Å²) in [6, 6.07) is 63.7. The maximum atomic E-state index is 2.41. The lowest BCUT2D eigenvalue weighted by Gasteiger charge is -2.28. The van der Waals surface area contributed by atoms with E-state index in [1.165, 1.54) is 61.3 Å². The van der Waals surface area contributed by atoms with Crippen LogP contribution in [0.4, 0.5) is 17.1 Å². The number of para-hydroxylation sites is 2. The molecule has 0 bridgehead atoms. The minimum absolute atomic E-state index is 0.129. The van der Waals surface area contributed by atoms with Crippen molar-refractivity contribution in [1.82, 2.24) is 0 Å². The summed E-state index contributed by atoms with van der Waals surface area (Å²) in [5.41, 5.74) is 16.2. The van der Waals surface area contributed by atoms with E-state index in [0.29, 0.717) is 0 Å². The Morgan fingerprint density at radius 2 is 0.696 bits per heavy atom. The van der Waals surface area contributed by atoms with E-state index in [9.17, 15) is 0 Å². The molecule has 0 saturated heterocycles. The highest BCUT2D eigenvalue weighted by Gasteiger charge is 2.36. The van der Waals surface area contributed by atoms with Crippen molar-refractivity contribution in [3.8, 4) is 44.5 Å². The van der Waals surface area contributed by atoms with E-state index in [4.69, 9.17) is 0 Å². The molecule has 220 valence electrons. The molecule has 0 unspecified atom stereocenters. The number of fused-ring (bicyclic) bond motifs is 3. The first-order chi connectivity index (χ1) is 22.6. The van der Waals surface area contributed by atoms with Gasteiger partial charge in [0.2, 0.25) is 0 Å². The van der Waals surface area contributed by atoms with E-state index in [-0.39, 0.29) is 5.41 Å². The predicted molar refractivity (Wildman–Crippen MR) is 195 cm³/mol. The molecule has 0 atom stereocenters. The molecule has 0 spiro atoms. The lowest BCUT2D eigenvalue weighted by Crippen LogP contribution is -2.16. The van der Waals surface area contributed by atoms with Crippen LogP contribution in [0.2, 0.25) is 0 Å². The molecule has 0 amide bonds. The van der Waals surface area contributed by atoms with Crippen LogP contribution in [0.25, 0.3) is 44.5 Å². The first-order valence-corrected chi connectivity index (χ1v) is 16.0. The van der Waals surface area contributed by atoms with E-state index in [0.717, 1.165) is 11.4 Å². The zero-order valence-corrected chi connectivity index (χ0v) is 26.2. The van der Waals surface area contributed by atoms with Crippen molar-refractivity contribution in [3.63, 3.8) is 0 Å². The third-order valence-electron chi connectivity index (χ3n) is 9.49. The molecule has 0 aliphatic heterocycles. The summed E-state index contributed by atoms with van der Waals surface area (Å²) in [4.78, 5) is 2.35. The summed E-state index contributed by atoms with van der Waals surface area (Å²) in [6.45, 7) is 4.73. The van der Waals surface area contributed by atoms with Crippen molar-refractivity contribution >= 4 is 17.1 Å². The first kappa shape index (κ1) is 27.9. The van der Waals surface area contributed by atoms with Crippen molar-refractivity contribution in [1.29, 1.82) is 0 Å². The third kappa shape index (κ3) is 4.91. The van der Waals surface area contributed by atoms with Crippen molar-refractivity contribution in [2.45, 2.75) is 19.3 Å². The Labute approximate surface area is 272 Å². The van der Waals surface area contributed by atoms with Crippen molar-refractivity contribution in [2.75, 3.05) is 4.90 Å². The molecule has 1 aliphatic rings. The van der Waals surface area contributed by atoms with Gasteiger partial charge in [-0.1, -0.05) is 147 Å². The van der Waals surface area contributed by atoms with Gasteiger partial charge in [-0.2, -0.15) is 0 Å². The molecule has 0 fully saturated rings. The fraction of sp³-hybridized carbons (Fsp3) is 0.0667. The van der Waals surface area contributed by atoms with Crippen LogP contribution in [-0.2, 0) is 5.41 Å². The van der Waals surface area contributed by atoms with Crippen LogP contribution in [0.15, 0.2) is 176 Å². The Morgan fingerprint density at radius 1 is 0.326 bits per heavy atom. The number of rotatable bonds is 6. The van der Waals surface area contributed by atoms with E-state index in [1.54, 1.807) is 0 Å². The van der Waals surface area contributed by atoms with Gasteiger partial charge in [0.1, 0.15) is 0 Å². The van der Waals surface area contributed by atoms with Crippen LogP contribution in [-0.4, -0.2) is 0 Å². The second-order valence-corrected chi connectivity index (χ2v) is 12.6. The predicted octanol–water partition coefficient (Wildman–Crippen LogP) is 12.5. The minimum Gasteiger partial charge on any atom is -0.310 e. The number of hydrogen-bond donors (Lipinski definition) is 0. The number of hydrogen-bond acceptors (Lipinski definition) is 1. The van der Waals surface area contributed by atoms with Crippen molar-refractivity contribution in [3.05, 3.63) is 187 Å². The van der Waals surface area contributed by atoms with Gasteiger partial charge in [-0.3, -0.25) is 0 Å². The van der Waals surface area contributed by atoms with Gasteiger partial charge in [-0.05, 0) is 98.1 Å². The summed E-state index contributed by atoms with van der Waals surface area (Å²) >= 11 is 0. The number of nitrogens with zero attached hydrogens (tertiary/aromatic N) is 1. The largest absolute Gasteiger partial charge is 0.310 e. The molecule has 1 aliphatic carbocycles. The molecule has 0 aromatic heterocycles. The smallest absolute Gasteiger partial charge is 0.0465 e. The Morgan fingerprint density at radius 3 is 1.20 bits per heavy atom. The van der Waals surface area contributed by atoms with Crippen LogP contribution < -0.4 is 4.90 Å². The average molecular weight is 590 g/mol. The van der Waals surface area contributed by atoms with Gasteiger partial charge >= 0.3 is 0 Å². The molecule has 1 heteroatoms. The van der Waals surface area contributed by atoms with Gasteiger partial charge in [0, 0.05) is 22.5 Å². The van der Waals surface area contributed by atoms with Gasteiger partial charge < -0.3 is 4.90 Å². The van der Waals surface area contributed by atoms with Crippen molar-refractivity contribution in [2.24, 2.45) is 0 Å². The van der Waals surface area contributed by atoms with E-state index >= 15 is 0 Å². The lowest BCUT2D eigenvalue weighted by atomic mass is 9.81. The highest BCUT2D eigenvalue weighted by atomic mass is 15.1. The van der Waals surface area contributed by atoms with Crippen LogP contribution in [0.1, 0.15) is 25.0 Å². The maximum Gasteiger partial charge on any atom is 0.0465 e. The molecule has 46 heavy (non-hydrogen) atoms. The number of anilines is 3. The highest BCUT2D eigenvalue weighted by Crippen LogP contribution is 2.51. The minimum atomic E-state index is -0.129. The molecule has 0 radical (unpaired) electrons. The molecule has 7 aromatic rings. The second kappa shape index (κ2) is 11.4. The maximum absolute atomic E-state index is 2.41. The molecular weight excluding hydrogens is 555 g/mol. The van der Waals surface area contributed by atoms with E-state index in [1.807, 2.05) is 0 Å². The van der Waals surface area contributed by atoms with Gasteiger partial charge in [0.05, 0.1) is 0 Å². The third-order valence-corrected chi connectivity index (χ3v) is 9.49. The molecular formula is C45H35N. The topological polar surface area (TPSA) is 3.24 Å². The monoisotopic (exact) mass is 589 g/mol. The Kier molecular flexibility index (Phi) is 6.88. The standard InChI is InChI=1S/C45H35N/c1-45(2)43-30-37(36-24-22-35(23-25-36)34-20-18-33(19-21-34)32-12-6-3-7-13-32)26-28-41(43)42-29-27-40(31-44(42)45)46(38-14-8-4-9-15-38)39-16-10-5-11-17-39/h3-31H,1-2H3. The lowest BCUT2D eigenvalue weighted by molar-refractivity contribution is 0.660. The highest BCUT2D eigenvalue weighted by molar-refractivity contribution is 5.87. The van der Waals surface area contributed by atoms with Crippen LogP contribution in [0.5, 0.6) is 0 Å². The normalized spacial score (nSPS) is 12.7. The van der Waals surface area contributed by atoms with E-state index < -0.39 is 0 Å². The summed E-state index contributed by atoms with van der Waals surface area (Å²) in [5, 5.41) is 0. The fourth-order valence-electron chi connectivity index (χ4n) is 6.99. The van der Waals surface area contributed by atoms with E-state index in [2.05, 4.69) is 195 Å². The summed E-state index contributed by atoms with van der Waals surface area (Å²) in [6.07, 6.45) is 0. The fourth-order valence-corrected chi connectivity index (χ4v) is 6.99. The Bertz CT molecular complexity index is 2090. The van der Waals surface area contributed by atoms with Gasteiger partial charge in [-0.15, -0.1) is 0 Å². The summed E-state index contributed by atoms with van der Waals surface area (Å²) in [7, 11) is 0. The average Bonchev–Trinajstić information content (AvgIpc) is 3.35. The molecule has 0 saturated carbocycles. The van der Waals surface area contributed by atoms with Crippen LogP contribution in [0, 0.1) is 0 Å².